The Morgan fingerprint density at radius 3 is 2.57 bits per heavy atom. The largest absolute Gasteiger partial charge is 0.324 e. The van der Waals surface area contributed by atoms with Crippen molar-refractivity contribution in [2.24, 2.45) is 5.92 Å². The zero-order valence-electron chi connectivity index (χ0n) is 13.0. The summed E-state index contributed by atoms with van der Waals surface area (Å²) in [5.41, 5.74) is 3.40. The van der Waals surface area contributed by atoms with Gasteiger partial charge in [0.15, 0.2) is 0 Å². The highest BCUT2D eigenvalue weighted by Gasteiger charge is 2.18. The van der Waals surface area contributed by atoms with E-state index >= 15 is 0 Å². The van der Waals surface area contributed by atoms with Gasteiger partial charge in [0.05, 0.1) is 11.0 Å². The van der Waals surface area contributed by atoms with Crippen LogP contribution in [0.2, 0.25) is 5.02 Å². The molecule has 3 nitrogen and oxygen atoms in total. The molecule has 0 unspecified atom stereocenters. The van der Waals surface area contributed by atoms with Crippen LogP contribution in [0.15, 0.2) is 48.5 Å². The lowest BCUT2D eigenvalue weighted by molar-refractivity contribution is 0.337. The van der Waals surface area contributed by atoms with Crippen LogP contribution >= 0.6 is 11.6 Å². The maximum atomic E-state index is 6.04. The Morgan fingerprint density at radius 1 is 1.04 bits per heavy atom. The molecule has 0 bridgehead atoms. The molecule has 2 aromatic carbocycles. The number of piperidine rings is 1. The third-order valence-electron chi connectivity index (χ3n) is 4.66. The Labute approximate surface area is 141 Å². The molecular formula is C19H20ClN3. The summed E-state index contributed by atoms with van der Waals surface area (Å²) in [7, 11) is 0. The van der Waals surface area contributed by atoms with Crippen LogP contribution in [0.25, 0.3) is 22.4 Å². The zero-order valence-corrected chi connectivity index (χ0v) is 13.8. The predicted octanol–water partition coefficient (Wildman–Crippen LogP) is 4.36. The maximum absolute atomic E-state index is 6.04. The van der Waals surface area contributed by atoms with Crippen LogP contribution < -0.4 is 5.32 Å². The standard InChI is InChI=1S/C19H20ClN3/c20-16-7-5-15(6-8-16)19-22-17-3-1-2-4-18(17)23(19)13-14-9-11-21-12-10-14/h1-8,14,21H,9-13H2. The minimum Gasteiger partial charge on any atom is -0.324 e. The number of hydrogen-bond donors (Lipinski definition) is 1. The van der Waals surface area contributed by atoms with Crippen molar-refractivity contribution < 1.29 is 0 Å². The van der Waals surface area contributed by atoms with Gasteiger partial charge in [-0.25, -0.2) is 4.98 Å². The van der Waals surface area contributed by atoms with Gasteiger partial charge in [-0.1, -0.05) is 23.7 Å². The first kappa shape index (κ1) is 14.7. The Hall–Kier alpha value is -1.84. The molecule has 4 rings (SSSR count). The number of halogens is 1. The van der Waals surface area contributed by atoms with Gasteiger partial charge in [0.1, 0.15) is 5.82 Å². The summed E-state index contributed by atoms with van der Waals surface area (Å²) in [6.07, 6.45) is 2.46. The van der Waals surface area contributed by atoms with Crippen molar-refractivity contribution in [1.82, 2.24) is 14.9 Å². The van der Waals surface area contributed by atoms with Gasteiger partial charge in [-0.05, 0) is 68.2 Å². The van der Waals surface area contributed by atoms with E-state index in [0.29, 0.717) is 5.92 Å². The molecule has 1 saturated heterocycles. The molecule has 1 fully saturated rings. The van der Waals surface area contributed by atoms with Crippen molar-refractivity contribution >= 4 is 22.6 Å². The fraction of sp³-hybridized carbons (Fsp3) is 0.316. The maximum Gasteiger partial charge on any atom is 0.141 e. The van der Waals surface area contributed by atoms with E-state index in [1.54, 1.807) is 0 Å². The fourth-order valence-corrected chi connectivity index (χ4v) is 3.53. The average Bonchev–Trinajstić information content (AvgIpc) is 2.95. The highest BCUT2D eigenvalue weighted by atomic mass is 35.5. The van der Waals surface area contributed by atoms with Gasteiger partial charge in [-0.2, -0.15) is 0 Å². The molecule has 0 amide bonds. The molecule has 1 aliphatic rings. The van der Waals surface area contributed by atoms with Crippen LogP contribution in [-0.4, -0.2) is 22.6 Å². The summed E-state index contributed by atoms with van der Waals surface area (Å²) in [5.74, 6) is 1.75. The molecule has 118 valence electrons. The Balaban J connectivity index is 1.79. The number of imidazole rings is 1. The molecule has 0 spiro atoms. The normalized spacial score (nSPS) is 16.0. The molecule has 1 aromatic heterocycles. The van der Waals surface area contributed by atoms with Crippen LogP contribution in [0.1, 0.15) is 12.8 Å². The lowest BCUT2D eigenvalue weighted by Gasteiger charge is -2.24. The summed E-state index contributed by atoms with van der Waals surface area (Å²) < 4.78 is 2.38. The van der Waals surface area contributed by atoms with Crippen molar-refractivity contribution in [3.8, 4) is 11.4 Å². The molecule has 0 radical (unpaired) electrons. The van der Waals surface area contributed by atoms with Crippen LogP contribution in [0.4, 0.5) is 0 Å². The fourth-order valence-electron chi connectivity index (χ4n) is 3.40. The number of nitrogens with zero attached hydrogens (tertiary/aromatic N) is 2. The van der Waals surface area contributed by atoms with E-state index in [1.807, 2.05) is 12.1 Å². The van der Waals surface area contributed by atoms with Gasteiger partial charge >= 0.3 is 0 Å². The van der Waals surface area contributed by atoms with E-state index in [1.165, 1.54) is 18.4 Å². The third kappa shape index (κ3) is 2.99. The van der Waals surface area contributed by atoms with Gasteiger partial charge in [0, 0.05) is 17.1 Å². The predicted molar refractivity (Wildman–Crippen MR) is 95.8 cm³/mol. The van der Waals surface area contributed by atoms with Gasteiger partial charge in [-0.15, -0.1) is 0 Å². The Kier molecular flexibility index (Phi) is 4.06. The van der Waals surface area contributed by atoms with E-state index in [9.17, 15) is 0 Å². The lowest BCUT2D eigenvalue weighted by Crippen LogP contribution is -2.30. The summed E-state index contributed by atoms with van der Waals surface area (Å²) >= 11 is 6.04. The average molecular weight is 326 g/mol. The quantitative estimate of drug-likeness (QED) is 0.775. The summed E-state index contributed by atoms with van der Waals surface area (Å²) in [4.78, 5) is 4.88. The molecule has 0 aliphatic carbocycles. The Bertz CT molecular complexity index is 801. The molecule has 0 atom stereocenters. The lowest BCUT2D eigenvalue weighted by atomic mass is 9.98. The zero-order chi connectivity index (χ0) is 15.6. The van der Waals surface area contributed by atoms with Crippen LogP contribution in [0.5, 0.6) is 0 Å². The van der Waals surface area contributed by atoms with Crippen LogP contribution in [0.3, 0.4) is 0 Å². The number of rotatable bonds is 3. The number of aromatic nitrogens is 2. The van der Waals surface area contributed by atoms with Gasteiger partial charge < -0.3 is 9.88 Å². The monoisotopic (exact) mass is 325 g/mol. The van der Waals surface area contributed by atoms with Crippen molar-refractivity contribution in [2.75, 3.05) is 13.1 Å². The SMILES string of the molecule is Clc1ccc(-c2nc3ccccc3n2CC2CCNCC2)cc1. The number of fused-ring (bicyclic) bond motifs is 1. The van der Waals surface area contributed by atoms with Crippen molar-refractivity contribution in [1.29, 1.82) is 0 Å². The molecule has 0 saturated carbocycles. The molecule has 2 heterocycles. The Morgan fingerprint density at radius 2 is 1.78 bits per heavy atom. The highest BCUT2D eigenvalue weighted by Crippen LogP contribution is 2.28. The highest BCUT2D eigenvalue weighted by molar-refractivity contribution is 6.30. The minimum atomic E-state index is 0.708. The molecule has 23 heavy (non-hydrogen) atoms. The van der Waals surface area contributed by atoms with Crippen molar-refractivity contribution in [3.05, 3.63) is 53.6 Å². The van der Waals surface area contributed by atoms with E-state index in [4.69, 9.17) is 16.6 Å². The summed E-state index contributed by atoms with van der Waals surface area (Å²) in [6, 6.07) is 16.4. The van der Waals surface area contributed by atoms with E-state index in [0.717, 1.165) is 41.6 Å². The van der Waals surface area contributed by atoms with Crippen LogP contribution in [-0.2, 0) is 6.54 Å². The van der Waals surface area contributed by atoms with E-state index < -0.39 is 0 Å². The topological polar surface area (TPSA) is 29.9 Å². The smallest absolute Gasteiger partial charge is 0.141 e. The molecule has 3 aromatic rings. The second kappa shape index (κ2) is 6.34. The van der Waals surface area contributed by atoms with Gasteiger partial charge in [0.2, 0.25) is 0 Å². The summed E-state index contributed by atoms with van der Waals surface area (Å²) in [6.45, 7) is 3.27. The first-order valence-electron chi connectivity index (χ1n) is 8.23. The second-order valence-electron chi connectivity index (χ2n) is 6.23. The molecule has 1 aliphatic heterocycles. The van der Waals surface area contributed by atoms with Crippen molar-refractivity contribution in [2.45, 2.75) is 19.4 Å². The van der Waals surface area contributed by atoms with E-state index in [-0.39, 0.29) is 0 Å². The third-order valence-corrected chi connectivity index (χ3v) is 4.91. The van der Waals surface area contributed by atoms with E-state index in [2.05, 4.69) is 46.3 Å². The van der Waals surface area contributed by atoms with Gasteiger partial charge in [0.25, 0.3) is 0 Å². The van der Waals surface area contributed by atoms with Gasteiger partial charge in [-0.3, -0.25) is 0 Å². The molecule has 1 N–H and O–H groups in total. The number of benzene rings is 2. The van der Waals surface area contributed by atoms with Crippen LogP contribution in [0, 0.1) is 5.92 Å². The summed E-state index contributed by atoms with van der Waals surface area (Å²) in [5, 5.41) is 4.20. The minimum absolute atomic E-state index is 0.708. The number of nitrogens with one attached hydrogen (secondary N) is 1. The first-order chi connectivity index (χ1) is 11.3. The number of para-hydroxylation sites is 2. The molecular weight excluding hydrogens is 306 g/mol. The molecule has 4 heteroatoms. The first-order valence-corrected chi connectivity index (χ1v) is 8.61. The second-order valence-corrected chi connectivity index (χ2v) is 6.67. The van der Waals surface area contributed by atoms with Crippen molar-refractivity contribution in [3.63, 3.8) is 0 Å². The number of hydrogen-bond acceptors (Lipinski definition) is 2.